The average Bonchev–Trinajstić information content (AvgIpc) is 2.18. The van der Waals surface area contributed by atoms with Gasteiger partial charge in [0.05, 0.1) is 6.04 Å². The molecule has 2 aliphatic heterocycles. The lowest BCUT2D eigenvalue weighted by Crippen LogP contribution is -2.52. The molecule has 3 aliphatic rings. The molecule has 2 bridgehead atoms. The summed E-state index contributed by atoms with van der Waals surface area (Å²) in [6.45, 7) is 2.36. The molecule has 70 valence electrons. The lowest BCUT2D eigenvalue weighted by Gasteiger charge is -2.44. The van der Waals surface area contributed by atoms with Gasteiger partial charge in [-0.25, -0.2) is 0 Å². The topological polar surface area (TPSA) is 37.4 Å². The van der Waals surface area contributed by atoms with E-state index in [-0.39, 0.29) is 17.9 Å². The van der Waals surface area contributed by atoms with Gasteiger partial charge in [0.15, 0.2) is 0 Å². The zero-order valence-corrected chi connectivity index (χ0v) is 7.64. The fourth-order valence-corrected chi connectivity index (χ4v) is 2.30. The van der Waals surface area contributed by atoms with Gasteiger partial charge in [0.2, 0.25) is 5.91 Å². The van der Waals surface area contributed by atoms with Crippen molar-refractivity contribution < 1.29 is 9.59 Å². The van der Waals surface area contributed by atoms with E-state index < -0.39 is 0 Å². The molecule has 1 fully saturated rings. The molecular formula is C10H13NO2. The summed E-state index contributed by atoms with van der Waals surface area (Å²) in [4.78, 5) is 23.8. The molecule has 0 aromatic carbocycles. The first kappa shape index (κ1) is 8.48. The van der Waals surface area contributed by atoms with Gasteiger partial charge in [0.25, 0.3) is 0 Å². The zero-order chi connectivity index (χ0) is 9.42. The molecule has 1 aliphatic carbocycles. The summed E-state index contributed by atoms with van der Waals surface area (Å²) in [5.41, 5.74) is 0. The van der Waals surface area contributed by atoms with E-state index in [0.717, 1.165) is 19.3 Å². The van der Waals surface area contributed by atoms with Crippen LogP contribution in [0.2, 0.25) is 0 Å². The summed E-state index contributed by atoms with van der Waals surface area (Å²) in [5, 5.41) is 0. The molecule has 2 heterocycles. The molecule has 0 N–H and O–H groups in total. The lowest BCUT2D eigenvalue weighted by atomic mass is 9.78. The van der Waals surface area contributed by atoms with Crippen LogP contribution >= 0.6 is 0 Å². The SMILES string of the molecule is CC(=O)N1CC2C=CC1C(C=O)C2. The Morgan fingerprint density at radius 1 is 1.54 bits per heavy atom. The van der Waals surface area contributed by atoms with Crippen LogP contribution in [0.25, 0.3) is 0 Å². The van der Waals surface area contributed by atoms with Crippen LogP contribution in [0, 0.1) is 11.8 Å². The second kappa shape index (κ2) is 2.98. The highest BCUT2D eigenvalue weighted by Crippen LogP contribution is 2.33. The Bertz CT molecular complexity index is 272. The predicted molar refractivity (Wildman–Crippen MR) is 48.0 cm³/mol. The summed E-state index contributed by atoms with van der Waals surface area (Å²) in [5.74, 6) is 0.489. The first-order valence-corrected chi connectivity index (χ1v) is 4.63. The maximum Gasteiger partial charge on any atom is 0.219 e. The molecule has 0 saturated carbocycles. The van der Waals surface area contributed by atoms with E-state index >= 15 is 0 Å². The Morgan fingerprint density at radius 2 is 2.31 bits per heavy atom. The van der Waals surface area contributed by atoms with Crippen molar-refractivity contribution in [1.82, 2.24) is 4.90 Å². The largest absolute Gasteiger partial charge is 0.335 e. The van der Waals surface area contributed by atoms with E-state index in [4.69, 9.17) is 0 Å². The van der Waals surface area contributed by atoms with E-state index in [1.165, 1.54) is 0 Å². The van der Waals surface area contributed by atoms with Crippen molar-refractivity contribution in [3.8, 4) is 0 Å². The Hall–Kier alpha value is -1.12. The first-order chi connectivity index (χ1) is 6.22. The van der Waals surface area contributed by atoms with Crippen molar-refractivity contribution in [2.24, 2.45) is 11.8 Å². The zero-order valence-electron chi connectivity index (χ0n) is 7.64. The number of rotatable bonds is 1. The highest BCUT2D eigenvalue weighted by Gasteiger charge is 2.38. The quantitative estimate of drug-likeness (QED) is 0.437. The molecule has 3 rings (SSSR count). The molecule has 3 heteroatoms. The van der Waals surface area contributed by atoms with Crippen LogP contribution in [0.15, 0.2) is 12.2 Å². The highest BCUT2D eigenvalue weighted by atomic mass is 16.2. The fraction of sp³-hybridized carbons (Fsp3) is 0.600. The minimum absolute atomic E-state index is 0.0210. The smallest absolute Gasteiger partial charge is 0.219 e. The van der Waals surface area contributed by atoms with Crippen molar-refractivity contribution in [3.05, 3.63) is 12.2 Å². The number of hydrogen-bond acceptors (Lipinski definition) is 2. The number of carbonyl (C=O) groups excluding carboxylic acids is 2. The van der Waals surface area contributed by atoms with Crippen LogP contribution in [0.1, 0.15) is 13.3 Å². The van der Waals surface area contributed by atoms with Gasteiger partial charge in [-0.3, -0.25) is 4.79 Å². The molecule has 3 nitrogen and oxygen atoms in total. The van der Waals surface area contributed by atoms with Crippen LogP contribution < -0.4 is 0 Å². The van der Waals surface area contributed by atoms with Gasteiger partial charge >= 0.3 is 0 Å². The Morgan fingerprint density at radius 3 is 2.85 bits per heavy atom. The summed E-state index contributed by atoms with van der Waals surface area (Å²) in [6, 6.07) is 0.0278. The molecule has 3 unspecified atom stereocenters. The molecule has 0 aromatic rings. The monoisotopic (exact) mass is 179 g/mol. The molecule has 13 heavy (non-hydrogen) atoms. The van der Waals surface area contributed by atoms with Gasteiger partial charge in [0, 0.05) is 19.4 Å². The van der Waals surface area contributed by atoms with E-state index in [2.05, 4.69) is 6.08 Å². The van der Waals surface area contributed by atoms with Crippen molar-refractivity contribution in [1.29, 1.82) is 0 Å². The van der Waals surface area contributed by atoms with E-state index in [9.17, 15) is 9.59 Å². The summed E-state index contributed by atoms with van der Waals surface area (Å²) in [6.07, 6.45) is 6.02. The fourth-order valence-electron chi connectivity index (χ4n) is 2.30. The highest BCUT2D eigenvalue weighted by molar-refractivity contribution is 5.75. The molecule has 0 aromatic heterocycles. The van der Waals surface area contributed by atoms with Crippen LogP contribution in [0.5, 0.6) is 0 Å². The summed E-state index contributed by atoms with van der Waals surface area (Å²) >= 11 is 0. The van der Waals surface area contributed by atoms with Gasteiger partial charge in [-0.2, -0.15) is 0 Å². The molecular weight excluding hydrogens is 166 g/mol. The second-order valence-electron chi connectivity index (χ2n) is 3.84. The third-order valence-electron chi connectivity index (χ3n) is 2.96. The number of piperidine rings is 1. The van der Waals surface area contributed by atoms with Crippen molar-refractivity contribution >= 4 is 12.2 Å². The van der Waals surface area contributed by atoms with Gasteiger partial charge in [-0.15, -0.1) is 0 Å². The maximum absolute atomic E-state index is 11.2. The minimum atomic E-state index is 0.0210. The van der Waals surface area contributed by atoms with E-state index in [1.807, 2.05) is 6.08 Å². The Labute approximate surface area is 77.4 Å². The number of aldehydes is 1. The van der Waals surface area contributed by atoms with Crippen LogP contribution in [-0.4, -0.2) is 29.7 Å². The minimum Gasteiger partial charge on any atom is -0.335 e. The number of hydrogen-bond donors (Lipinski definition) is 0. The van der Waals surface area contributed by atoms with Gasteiger partial charge in [-0.1, -0.05) is 12.2 Å². The number of carbonyl (C=O) groups is 2. The van der Waals surface area contributed by atoms with Crippen molar-refractivity contribution in [3.63, 3.8) is 0 Å². The Kier molecular flexibility index (Phi) is 1.94. The second-order valence-corrected chi connectivity index (χ2v) is 3.84. The van der Waals surface area contributed by atoms with Crippen LogP contribution in [-0.2, 0) is 9.59 Å². The number of amides is 1. The maximum atomic E-state index is 11.2. The third-order valence-corrected chi connectivity index (χ3v) is 2.96. The summed E-state index contributed by atoms with van der Waals surface area (Å²) in [7, 11) is 0. The first-order valence-electron chi connectivity index (χ1n) is 4.63. The van der Waals surface area contributed by atoms with Crippen molar-refractivity contribution in [2.75, 3.05) is 6.54 Å². The number of nitrogens with zero attached hydrogens (tertiary/aromatic N) is 1. The average molecular weight is 179 g/mol. The van der Waals surface area contributed by atoms with Crippen LogP contribution in [0.3, 0.4) is 0 Å². The molecule has 1 saturated heterocycles. The van der Waals surface area contributed by atoms with Gasteiger partial charge in [0.1, 0.15) is 6.29 Å². The van der Waals surface area contributed by atoms with Crippen molar-refractivity contribution in [2.45, 2.75) is 19.4 Å². The molecule has 0 spiro atoms. The normalized spacial score (nSPS) is 36.4. The number of fused-ring (bicyclic) bond motifs is 2. The molecule has 0 radical (unpaired) electrons. The summed E-state index contributed by atoms with van der Waals surface area (Å²) < 4.78 is 0. The lowest BCUT2D eigenvalue weighted by molar-refractivity contribution is -0.135. The predicted octanol–water partition coefficient (Wildman–Crippen LogP) is 0.608. The van der Waals surface area contributed by atoms with Crippen LogP contribution in [0.4, 0.5) is 0 Å². The van der Waals surface area contributed by atoms with Gasteiger partial charge < -0.3 is 9.69 Å². The van der Waals surface area contributed by atoms with Gasteiger partial charge in [-0.05, 0) is 12.3 Å². The third kappa shape index (κ3) is 1.28. The standard InChI is InChI=1S/C10H13NO2/c1-7(13)11-5-8-2-3-10(11)9(4-8)6-12/h2-3,6,8-10H,4-5H2,1H3. The molecule has 3 atom stereocenters. The Balaban J connectivity index is 2.24. The molecule has 1 amide bonds. The van der Waals surface area contributed by atoms with E-state index in [0.29, 0.717) is 5.92 Å². The van der Waals surface area contributed by atoms with E-state index in [1.54, 1.807) is 11.8 Å².